The monoisotopic (exact) mass is 452 g/mol. The molecule has 0 bridgehead atoms. The van der Waals surface area contributed by atoms with Crippen molar-refractivity contribution in [1.29, 1.82) is 0 Å². The molecule has 3 heterocycles. The highest BCUT2D eigenvalue weighted by Crippen LogP contribution is 2.23. The number of carbonyl (C=O) groups is 2. The summed E-state index contributed by atoms with van der Waals surface area (Å²) in [6.07, 6.45) is 4.20. The maximum atomic E-state index is 12.7. The zero-order valence-electron chi connectivity index (χ0n) is 17.8. The van der Waals surface area contributed by atoms with Gasteiger partial charge in [0.2, 0.25) is 6.41 Å². The summed E-state index contributed by atoms with van der Waals surface area (Å²) >= 11 is 0. The molecule has 0 aliphatic carbocycles. The summed E-state index contributed by atoms with van der Waals surface area (Å²) in [6, 6.07) is 21.9. The van der Waals surface area contributed by atoms with Crippen molar-refractivity contribution in [2.75, 3.05) is 15.6 Å². The molecule has 0 saturated carbocycles. The Morgan fingerprint density at radius 2 is 1.74 bits per heavy atom. The minimum absolute atomic E-state index is 0.301. The van der Waals surface area contributed by atoms with Crippen LogP contribution in [-0.4, -0.2) is 27.5 Å². The van der Waals surface area contributed by atoms with Gasteiger partial charge in [0.05, 0.1) is 22.8 Å². The largest absolute Gasteiger partial charge is 0.329 e. The van der Waals surface area contributed by atoms with Gasteiger partial charge in [-0.1, -0.05) is 18.2 Å². The molecule has 168 valence electrons. The second-order valence-corrected chi connectivity index (χ2v) is 7.37. The summed E-state index contributed by atoms with van der Waals surface area (Å²) in [4.78, 5) is 27.6. The number of rotatable bonds is 7. The van der Waals surface area contributed by atoms with Crippen LogP contribution in [0.25, 0.3) is 17.1 Å². The molecule has 4 aromatic rings. The van der Waals surface area contributed by atoms with E-state index in [0.717, 1.165) is 28.3 Å². The van der Waals surface area contributed by atoms with Crippen LogP contribution in [0.4, 0.5) is 17.1 Å². The Morgan fingerprint density at radius 3 is 2.47 bits per heavy atom. The van der Waals surface area contributed by atoms with Crippen molar-refractivity contribution < 1.29 is 9.59 Å². The first-order valence-corrected chi connectivity index (χ1v) is 10.4. The SMILES string of the molecule is O=CNc1ccc(C2=CN(c3ccc(NC(=O)c4cccc(-c5ccn[nH]5)n4)cc3)NN2)cc1. The third-order valence-electron chi connectivity index (χ3n) is 5.15. The third-order valence-corrected chi connectivity index (χ3v) is 5.15. The molecule has 5 rings (SSSR count). The number of amides is 2. The number of aromatic nitrogens is 3. The zero-order valence-corrected chi connectivity index (χ0v) is 17.8. The van der Waals surface area contributed by atoms with E-state index >= 15 is 0 Å². The number of nitrogens with zero attached hydrogens (tertiary/aromatic N) is 3. The van der Waals surface area contributed by atoms with Crippen LogP contribution < -0.4 is 26.6 Å². The topological polar surface area (TPSA) is 127 Å². The molecule has 1 aliphatic heterocycles. The summed E-state index contributed by atoms with van der Waals surface area (Å²) in [5.74, 6) is -0.301. The number of anilines is 3. The molecule has 0 saturated heterocycles. The maximum absolute atomic E-state index is 12.7. The van der Waals surface area contributed by atoms with Crippen molar-refractivity contribution in [3.63, 3.8) is 0 Å². The number of nitrogens with one attached hydrogen (secondary N) is 5. The van der Waals surface area contributed by atoms with Crippen LogP contribution in [0, 0.1) is 0 Å². The second kappa shape index (κ2) is 9.27. The first-order chi connectivity index (χ1) is 16.7. The Hall–Kier alpha value is -4.96. The van der Waals surface area contributed by atoms with E-state index < -0.39 is 0 Å². The first kappa shape index (κ1) is 20.9. The van der Waals surface area contributed by atoms with Gasteiger partial charge < -0.3 is 16.1 Å². The molecule has 10 heteroatoms. The quantitative estimate of drug-likeness (QED) is 0.273. The minimum Gasteiger partial charge on any atom is -0.329 e. The standard InChI is InChI=1S/C24H20N8O2/c33-15-25-17-6-4-16(5-7-17)23-14-32(31-30-23)19-10-8-18(9-11-19)27-24(34)22-3-1-2-20(28-22)21-12-13-26-29-21/h1-15,30-31H,(H,25,33)(H,26,29)(H,27,34). The third kappa shape index (κ3) is 4.47. The number of pyridine rings is 1. The lowest BCUT2D eigenvalue weighted by Crippen LogP contribution is -2.36. The van der Waals surface area contributed by atoms with Crippen LogP contribution in [0.3, 0.4) is 0 Å². The molecule has 0 atom stereocenters. The van der Waals surface area contributed by atoms with E-state index in [1.54, 1.807) is 24.4 Å². The normalized spacial score (nSPS) is 12.6. The van der Waals surface area contributed by atoms with Gasteiger partial charge in [0.25, 0.3) is 5.91 Å². The fourth-order valence-electron chi connectivity index (χ4n) is 3.42. The molecule has 2 aromatic carbocycles. The van der Waals surface area contributed by atoms with Crippen molar-refractivity contribution in [3.8, 4) is 11.4 Å². The lowest BCUT2D eigenvalue weighted by Gasteiger charge is -2.15. The highest BCUT2D eigenvalue weighted by molar-refractivity contribution is 6.03. The molecule has 0 unspecified atom stereocenters. The summed E-state index contributed by atoms with van der Waals surface area (Å²) in [5.41, 5.74) is 12.0. The van der Waals surface area contributed by atoms with Crippen LogP contribution in [0.15, 0.2) is 85.2 Å². The summed E-state index contributed by atoms with van der Waals surface area (Å²) in [7, 11) is 0. The van der Waals surface area contributed by atoms with Gasteiger partial charge >= 0.3 is 0 Å². The van der Waals surface area contributed by atoms with Gasteiger partial charge in [-0.2, -0.15) is 5.10 Å². The summed E-state index contributed by atoms with van der Waals surface area (Å²) in [6.45, 7) is 0. The molecule has 34 heavy (non-hydrogen) atoms. The van der Waals surface area contributed by atoms with Gasteiger partial charge in [0, 0.05) is 29.3 Å². The Morgan fingerprint density at radius 1 is 0.941 bits per heavy atom. The van der Waals surface area contributed by atoms with E-state index in [1.807, 2.05) is 65.8 Å². The van der Waals surface area contributed by atoms with Gasteiger partial charge in [0.15, 0.2) is 0 Å². The number of hydrogen-bond donors (Lipinski definition) is 5. The van der Waals surface area contributed by atoms with Crippen LogP contribution in [-0.2, 0) is 4.79 Å². The van der Waals surface area contributed by atoms with Gasteiger partial charge in [-0.3, -0.25) is 19.7 Å². The molecule has 2 aromatic heterocycles. The van der Waals surface area contributed by atoms with Gasteiger partial charge in [-0.15, -0.1) is 5.53 Å². The van der Waals surface area contributed by atoms with E-state index in [9.17, 15) is 9.59 Å². The van der Waals surface area contributed by atoms with Crippen LogP contribution >= 0.6 is 0 Å². The molecule has 5 N–H and O–H groups in total. The molecule has 10 nitrogen and oxygen atoms in total. The number of carbonyl (C=O) groups excluding carboxylic acids is 2. The zero-order chi connectivity index (χ0) is 23.3. The van der Waals surface area contributed by atoms with Crippen molar-refractivity contribution in [3.05, 3.63) is 96.5 Å². The van der Waals surface area contributed by atoms with Gasteiger partial charge in [0.1, 0.15) is 5.69 Å². The molecule has 2 amide bonds. The van der Waals surface area contributed by atoms with Crippen LogP contribution in [0.5, 0.6) is 0 Å². The number of benzene rings is 2. The Labute approximate surface area is 194 Å². The molecule has 0 spiro atoms. The predicted octanol–water partition coefficient (Wildman–Crippen LogP) is 3.12. The van der Waals surface area contributed by atoms with Crippen LogP contribution in [0.2, 0.25) is 0 Å². The average Bonchev–Trinajstić information content (AvgIpc) is 3.58. The fourth-order valence-corrected chi connectivity index (χ4v) is 3.42. The van der Waals surface area contributed by atoms with Gasteiger partial charge in [-0.05, 0) is 54.6 Å². The molecular weight excluding hydrogens is 432 g/mol. The van der Waals surface area contributed by atoms with Crippen molar-refractivity contribution in [1.82, 2.24) is 26.1 Å². The Balaban J connectivity index is 1.25. The van der Waals surface area contributed by atoms with Gasteiger partial charge in [-0.25, -0.2) is 4.98 Å². The van der Waals surface area contributed by atoms with E-state index in [4.69, 9.17) is 0 Å². The van der Waals surface area contributed by atoms with Crippen molar-refractivity contribution in [2.24, 2.45) is 0 Å². The summed E-state index contributed by atoms with van der Waals surface area (Å²) in [5, 5.41) is 14.1. The first-order valence-electron chi connectivity index (χ1n) is 10.4. The van der Waals surface area contributed by atoms with Crippen molar-refractivity contribution >= 4 is 35.1 Å². The number of hydrazine groups is 2. The fraction of sp³-hybridized carbons (Fsp3) is 0. The van der Waals surface area contributed by atoms with E-state index in [-0.39, 0.29) is 5.91 Å². The Kier molecular flexibility index (Phi) is 5.70. The number of aromatic amines is 1. The second-order valence-electron chi connectivity index (χ2n) is 7.37. The molecular formula is C24H20N8O2. The lowest BCUT2D eigenvalue weighted by atomic mass is 10.1. The highest BCUT2D eigenvalue weighted by atomic mass is 16.2. The van der Waals surface area contributed by atoms with E-state index in [0.29, 0.717) is 23.5 Å². The summed E-state index contributed by atoms with van der Waals surface area (Å²) < 4.78 is 0. The predicted molar refractivity (Wildman–Crippen MR) is 129 cm³/mol. The minimum atomic E-state index is -0.301. The Bertz CT molecular complexity index is 1330. The van der Waals surface area contributed by atoms with Crippen molar-refractivity contribution in [2.45, 2.75) is 0 Å². The highest BCUT2D eigenvalue weighted by Gasteiger charge is 2.15. The smallest absolute Gasteiger partial charge is 0.274 e. The molecule has 1 aliphatic rings. The van der Waals surface area contributed by atoms with Crippen LogP contribution in [0.1, 0.15) is 16.1 Å². The van der Waals surface area contributed by atoms with E-state index in [2.05, 4.69) is 36.8 Å². The number of hydrogen-bond acceptors (Lipinski definition) is 7. The van der Waals surface area contributed by atoms with E-state index in [1.165, 1.54) is 0 Å². The molecule has 0 radical (unpaired) electrons. The maximum Gasteiger partial charge on any atom is 0.274 e. The molecule has 0 fully saturated rings. The number of H-pyrrole nitrogens is 1. The average molecular weight is 452 g/mol. The lowest BCUT2D eigenvalue weighted by molar-refractivity contribution is -0.105.